The second-order valence-corrected chi connectivity index (χ2v) is 8.01. The molecule has 0 bridgehead atoms. The Morgan fingerprint density at radius 3 is 2.70 bits per heavy atom. The van der Waals surface area contributed by atoms with Crippen molar-refractivity contribution >= 4 is 11.6 Å². The molecule has 4 atom stereocenters. The van der Waals surface area contributed by atoms with Crippen LogP contribution in [0.2, 0.25) is 5.02 Å². The molecule has 4 rings (SSSR count). The van der Waals surface area contributed by atoms with Crippen molar-refractivity contribution in [2.75, 3.05) is 20.2 Å². The van der Waals surface area contributed by atoms with Gasteiger partial charge in [0, 0.05) is 36.9 Å². The maximum atomic E-state index is 10.6. The van der Waals surface area contributed by atoms with Gasteiger partial charge in [-0.3, -0.25) is 4.90 Å². The van der Waals surface area contributed by atoms with Crippen LogP contribution in [0.5, 0.6) is 11.6 Å². The van der Waals surface area contributed by atoms with Gasteiger partial charge in [-0.05, 0) is 48.4 Å². The highest BCUT2D eigenvalue weighted by Crippen LogP contribution is 2.38. The van der Waals surface area contributed by atoms with Crippen molar-refractivity contribution in [1.82, 2.24) is 9.88 Å². The van der Waals surface area contributed by atoms with Gasteiger partial charge in [0.2, 0.25) is 5.88 Å². The van der Waals surface area contributed by atoms with E-state index < -0.39 is 6.10 Å². The van der Waals surface area contributed by atoms with Crippen LogP contribution in [0.15, 0.2) is 42.6 Å². The average Bonchev–Trinajstić information content (AvgIpc) is 3.03. The van der Waals surface area contributed by atoms with E-state index in [9.17, 15) is 5.11 Å². The summed E-state index contributed by atoms with van der Waals surface area (Å²) < 4.78 is 11.2. The molecule has 6 heteroatoms. The third-order valence-corrected chi connectivity index (χ3v) is 5.89. The first kappa shape index (κ1) is 18.5. The molecule has 144 valence electrons. The Labute approximate surface area is 164 Å². The highest BCUT2D eigenvalue weighted by molar-refractivity contribution is 6.30. The van der Waals surface area contributed by atoms with E-state index in [4.69, 9.17) is 21.1 Å². The number of likely N-dealkylation sites (tertiary alicyclic amines) is 1. The topological polar surface area (TPSA) is 54.8 Å². The van der Waals surface area contributed by atoms with Crippen LogP contribution in [-0.4, -0.2) is 47.4 Å². The first-order chi connectivity index (χ1) is 13.1. The molecule has 1 saturated heterocycles. The van der Waals surface area contributed by atoms with Crippen molar-refractivity contribution in [3.63, 3.8) is 0 Å². The Balaban J connectivity index is 1.36. The quantitative estimate of drug-likeness (QED) is 0.850. The van der Waals surface area contributed by atoms with Crippen LogP contribution in [0.4, 0.5) is 0 Å². The highest BCUT2D eigenvalue weighted by Gasteiger charge is 2.42. The molecule has 2 fully saturated rings. The fourth-order valence-electron chi connectivity index (χ4n) is 4.34. The average molecular weight is 389 g/mol. The van der Waals surface area contributed by atoms with Gasteiger partial charge in [-0.1, -0.05) is 23.7 Å². The number of fused-ring (bicyclic) bond motifs is 1. The van der Waals surface area contributed by atoms with Gasteiger partial charge in [0.15, 0.2) is 0 Å². The number of nitrogens with zero attached hydrogens (tertiary/aromatic N) is 2. The summed E-state index contributed by atoms with van der Waals surface area (Å²) in [7, 11) is 1.63. The van der Waals surface area contributed by atoms with E-state index in [1.54, 1.807) is 13.2 Å². The number of aromatic nitrogens is 1. The first-order valence-electron chi connectivity index (χ1n) is 9.42. The fourth-order valence-corrected chi connectivity index (χ4v) is 4.52. The van der Waals surface area contributed by atoms with Gasteiger partial charge in [-0.2, -0.15) is 0 Å². The Hall–Kier alpha value is -1.82. The Morgan fingerprint density at radius 1 is 1.19 bits per heavy atom. The number of rotatable bonds is 5. The SMILES string of the molecule is COc1ccc(CN2C[C@H]3C[C@@H](Oc4cccc(Cl)c4)[C@H](O)C[C@H]3C2)cn1. The Morgan fingerprint density at radius 2 is 2.00 bits per heavy atom. The predicted octanol–water partition coefficient (Wildman–Crippen LogP) is 3.39. The lowest BCUT2D eigenvalue weighted by atomic mass is 9.78. The van der Waals surface area contributed by atoms with Crippen molar-refractivity contribution in [2.45, 2.75) is 31.6 Å². The number of pyridine rings is 1. The molecule has 1 saturated carbocycles. The molecule has 1 aliphatic carbocycles. The lowest BCUT2D eigenvalue weighted by Gasteiger charge is -2.35. The molecule has 2 aromatic rings. The molecule has 1 aliphatic heterocycles. The van der Waals surface area contributed by atoms with Gasteiger partial charge in [-0.15, -0.1) is 0 Å². The van der Waals surface area contributed by atoms with Gasteiger partial charge in [-0.25, -0.2) is 4.98 Å². The van der Waals surface area contributed by atoms with Crippen molar-refractivity contribution in [1.29, 1.82) is 0 Å². The molecule has 0 amide bonds. The van der Waals surface area contributed by atoms with Crippen LogP contribution in [0.1, 0.15) is 18.4 Å². The summed E-state index contributed by atoms with van der Waals surface area (Å²) in [4.78, 5) is 6.74. The summed E-state index contributed by atoms with van der Waals surface area (Å²) in [5.41, 5.74) is 1.18. The molecule has 1 aromatic heterocycles. The molecule has 5 nitrogen and oxygen atoms in total. The number of benzene rings is 1. The molecule has 0 spiro atoms. The number of hydrogen-bond acceptors (Lipinski definition) is 5. The number of ether oxygens (including phenoxy) is 2. The van der Waals surface area contributed by atoms with Crippen LogP contribution < -0.4 is 9.47 Å². The Kier molecular flexibility index (Phi) is 5.53. The molecule has 27 heavy (non-hydrogen) atoms. The van der Waals surface area contributed by atoms with E-state index in [2.05, 4.69) is 16.0 Å². The Bertz CT molecular complexity index is 770. The normalized spacial score (nSPS) is 28.0. The van der Waals surface area contributed by atoms with Crippen molar-refractivity contribution in [3.8, 4) is 11.6 Å². The molecule has 0 unspecified atom stereocenters. The van der Waals surface area contributed by atoms with Crippen LogP contribution >= 0.6 is 11.6 Å². The van der Waals surface area contributed by atoms with E-state index in [0.29, 0.717) is 22.7 Å². The first-order valence-corrected chi connectivity index (χ1v) is 9.80. The van der Waals surface area contributed by atoms with E-state index in [1.165, 1.54) is 5.56 Å². The van der Waals surface area contributed by atoms with E-state index in [1.807, 2.05) is 30.5 Å². The van der Waals surface area contributed by atoms with Gasteiger partial charge in [0.1, 0.15) is 11.9 Å². The van der Waals surface area contributed by atoms with Crippen LogP contribution in [0.25, 0.3) is 0 Å². The minimum atomic E-state index is -0.437. The highest BCUT2D eigenvalue weighted by atomic mass is 35.5. The number of hydrogen-bond donors (Lipinski definition) is 1. The molecule has 1 N–H and O–H groups in total. The van der Waals surface area contributed by atoms with Crippen LogP contribution in [0.3, 0.4) is 0 Å². The summed E-state index contributed by atoms with van der Waals surface area (Å²) in [6.45, 7) is 2.91. The molecule has 2 heterocycles. The zero-order valence-corrected chi connectivity index (χ0v) is 16.2. The van der Waals surface area contributed by atoms with Gasteiger partial charge in [0.25, 0.3) is 0 Å². The second kappa shape index (κ2) is 8.05. The third-order valence-electron chi connectivity index (χ3n) is 5.66. The van der Waals surface area contributed by atoms with Crippen LogP contribution in [0, 0.1) is 11.8 Å². The van der Waals surface area contributed by atoms with Gasteiger partial charge < -0.3 is 14.6 Å². The minimum absolute atomic E-state index is 0.174. The molecular formula is C21H25ClN2O3. The number of methoxy groups -OCH3 is 1. The monoisotopic (exact) mass is 388 g/mol. The molecule has 1 aromatic carbocycles. The van der Waals surface area contributed by atoms with Crippen molar-refractivity contribution < 1.29 is 14.6 Å². The molecule has 0 radical (unpaired) electrons. The zero-order valence-electron chi connectivity index (χ0n) is 15.4. The third kappa shape index (κ3) is 4.37. The summed E-state index contributed by atoms with van der Waals surface area (Å²) in [6.07, 6.45) is 2.92. The number of halogens is 1. The van der Waals surface area contributed by atoms with E-state index >= 15 is 0 Å². The maximum absolute atomic E-state index is 10.6. The second-order valence-electron chi connectivity index (χ2n) is 7.58. The van der Waals surface area contributed by atoms with E-state index in [-0.39, 0.29) is 6.10 Å². The number of aliphatic hydroxyl groups is 1. The fraction of sp³-hybridized carbons (Fsp3) is 0.476. The van der Waals surface area contributed by atoms with Crippen LogP contribution in [-0.2, 0) is 6.54 Å². The van der Waals surface area contributed by atoms with Crippen molar-refractivity contribution in [2.24, 2.45) is 11.8 Å². The summed E-state index contributed by atoms with van der Waals surface area (Å²) >= 11 is 6.04. The summed E-state index contributed by atoms with van der Waals surface area (Å²) in [6, 6.07) is 11.4. The van der Waals surface area contributed by atoms with Gasteiger partial charge >= 0.3 is 0 Å². The summed E-state index contributed by atoms with van der Waals surface area (Å²) in [5.74, 6) is 2.43. The molecular weight excluding hydrogens is 364 g/mol. The summed E-state index contributed by atoms with van der Waals surface area (Å²) in [5, 5.41) is 11.2. The zero-order chi connectivity index (χ0) is 18.8. The maximum Gasteiger partial charge on any atom is 0.212 e. The standard InChI is InChI=1S/C21H25ClN2O3/c1-26-21-6-5-14(10-23-21)11-24-12-15-7-19(25)20(8-16(15)13-24)27-18-4-2-3-17(22)9-18/h2-6,9-10,15-16,19-20,25H,7-8,11-13H2,1H3/t15-,16+,19+,20+/m0/s1. The predicted molar refractivity (Wildman–Crippen MR) is 104 cm³/mol. The lowest BCUT2D eigenvalue weighted by molar-refractivity contribution is -0.0231. The lowest BCUT2D eigenvalue weighted by Crippen LogP contribution is -2.42. The van der Waals surface area contributed by atoms with E-state index in [0.717, 1.165) is 38.2 Å². The minimum Gasteiger partial charge on any atom is -0.488 e. The largest absolute Gasteiger partial charge is 0.488 e. The van der Waals surface area contributed by atoms with Gasteiger partial charge in [0.05, 0.1) is 13.2 Å². The smallest absolute Gasteiger partial charge is 0.212 e. The molecule has 2 aliphatic rings. The number of aliphatic hydroxyl groups excluding tert-OH is 1. The van der Waals surface area contributed by atoms with Crippen molar-refractivity contribution in [3.05, 3.63) is 53.2 Å².